The zero-order valence-corrected chi connectivity index (χ0v) is 16.5. The molecule has 1 atom stereocenters. The molecule has 0 aromatic heterocycles. The highest BCUT2D eigenvalue weighted by molar-refractivity contribution is 5.90. The Morgan fingerprint density at radius 2 is 2.07 bits per heavy atom. The van der Waals surface area contributed by atoms with Crippen molar-refractivity contribution in [2.75, 3.05) is 32.0 Å². The van der Waals surface area contributed by atoms with Gasteiger partial charge in [0.1, 0.15) is 11.7 Å². The first-order valence-corrected chi connectivity index (χ1v) is 9.19. The SMILES string of the molecule is CN(CC1CCCN(C(=O)Nc2ccccc2C#N)C1)C(=O)OC(C)(C)C. The van der Waals surface area contributed by atoms with Crippen LogP contribution < -0.4 is 5.32 Å². The van der Waals surface area contributed by atoms with E-state index in [9.17, 15) is 9.59 Å². The number of carbonyl (C=O) groups excluding carboxylic acids is 2. The van der Waals surface area contributed by atoms with Gasteiger partial charge in [-0.3, -0.25) is 0 Å². The molecule has 0 saturated carbocycles. The number of nitrogens with zero attached hydrogens (tertiary/aromatic N) is 3. The van der Waals surface area contributed by atoms with Crippen LogP contribution >= 0.6 is 0 Å². The van der Waals surface area contributed by atoms with E-state index in [1.54, 1.807) is 41.1 Å². The summed E-state index contributed by atoms with van der Waals surface area (Å²) in [5, 5.41) is 12.0. The van der Waals surface area contributed by atoms with Gasteiger partial charge in [0.2, 0.25) is 0 Å². The number of para-hydroxylation sites is 1. The fraction of sp³-hybridized carbons (Fsp3) is 0.550. The lowest BCUT2D eigenvalue weighted by Gasteiger charge is -2.35. The Hall–Kier alpha value is -2.75. The molecule has 1 fully saturated rings. The van der Waals surface area contributed by atoms with Crippen molar-refractivity contribution in [1.29, 1.82) is 5.26 Å². The molecule has 1 aliphatic rings. The minimum atomic E-state index is -0.530. The quantitative estimate of drug-likeness (QED) is 0.877. The molecule has 1 saturated heterocycles. The van der Waals surface area contributed by atoms with E-state index >= 15 is 0 Å². The van der Waals surface area contributed by atoms with Gasteiger partial charge in [-0.15, -0.1) is 0 Å². The van der Waals surface area contributed by atoms with Crippen molar-refractivity contribution in [3.63, 3.8) is 0 Å². The number of rotatable bonds is 3. The Morgan fingerprint density at radius 3 is 2.74 bits per heavy atom. The molecule has 1 heterocycles. The third kappa shape index (κ3) is 6.17. The van der Waals surface area contributed by atoms with E-state index in [-0.39, 0.29) is 18.0 Å². The predicted molar refractivity (Wildman–Crippen MR) is 103 cm³/mol. The van der Waals surface area contributed by atoms with Gasteiger partial charge in [0, 0.05) is 26.7 Å². The van der Waals surface area contributed by atoms with E-state index in [2.05, 4.69) is 11.4 Å². The zero-order valence-electron chi connectivity index (χ0n) is 16.5. The van der Waals surface area contributed by atoms with Gasteiger partial charge in [-0.25, -0.2) is 9.59 Å². The maximum absolute atomic E-state index is 12.6. The van der Waals surface area contributed by atoms with Gasteiger partial charge < -0.3 is 19.9 Å². The lowest BCUT2D eigenvalue weighted by molar-refractivity contribution is 0.0253. The molecule has 1 aliphatic heterocycles. The van der Waals surface area contributed by atoms with E-state index < -0.39 is 5.60 Å². The summed E-state index contributed by atoms with van der Waals surface area (Å²) in [7, 11) is 1.72. The fourth-order valence-corrected chi connectivity index (χ4v) is 3.08. The summed E-state index contributed by atoms with van der Waals surface area (Å²) in [4.78, 5) is 28.0. The fourth-order valence-electron chi connectivity index (χ4n) is 3.08. The number of ether oxygens (including phenoxy) is 1. The van der Waals surface area contributed by atoms with Crippen molar-refractivity contribution in [1.82, 2.24) is 9.80 Å². The Balaban J connectivity index is 1.92. The first kappa shape index (κ1) is 20.6. The lowest BCUT2D eigenvalue weighted by atomic mass is 9.98. The Bertz CT molecular complexity index is 721. The molecule has 0 spiro atoms. The standard InChI is InChI=1S/C20H28N4O3/c1-20(2,3)27-19(26)23(4)13-15-8-7-11-24(14-15)18(25)22-17-10-6-5-9-16(17)12-21/h5-6,9-10,15H,7-8,11,13-14H2,1-4H3,(H,22,25). The average Bonchev–Trinajstić information content (AvgIpc) is 2.61. The van der Waals surface area contributed by atoms with Crippen LogP contribution in [-0.2, 0) is 4.74 Å². The highest BCUT2D eigenvalue weighted by Gasteiger charge is 2.27. The number of carbonyl (C=O) groups is 2. The molecule has 1 N–H and O–H groups in total. The van der Waals surface area contributed by atoms with Crippen LogP contribution in [-0.4, -0.2) is 54.2 Å². The van der Waals surface area contributed by atoms with Crippen molar-refractivity contribution >= 4 is 17.8 Å². The van der Waals surface area contributed by atoms with Crippen molar-refractivity contribution in [3.8, 4) is 6.07 Å². The maximum atomic E-state index is 12.6. The minimum Gasteiger partial charge on any atom is -0.444 e. The number of nitrogens with one attached hydrogen (secondary N) is 1. The topological polar surface area (TPSA) is 85.7 Å². The number of piperidine rings is 1. The molecule has 3 amide bonds. The van der Waals surface area contributed by atoms with Crippen molar-refractivity contribution in [3.05, 3.63) is 29.8 Å². The first-order chi connectivity index (χ1) is 12.7. The lowest BCUT2D eigenvalue weighted by Crippen LogP contribution is -2.46. The first-order valence-electron chi connectivity index (χ1n) is 9.19. The van der Waals surface area contributed by atoms with E-state index in [0.717, 1.165) is 12.8 Å². The van der Waals surface area contributed by atoms with E-state index in [4.69, 9.17) is 10.00 Å². The highest BCUT2D eigenvalue weighted by atomic mass is 16.6. The molecule has 1 aromatic rings. The summed E-state index contributed by atoms with van der Waals surface area (Å²) in [6.45, 7) is 7.27. The van der Waals surface area contributed by atoms with Crippen LogP contribution in [0.4, 0.5) is 15.3 Å². The average molecular weight is 372 g/mol. The molecule has 1 unspecified atom stereocenters. The Labute approximate surface area is 160 Å². The van der Waals surface area contributed by atoms with E-state index in [1.807, 2.05) is 20.8 Å². The summed E-state index contributed by atoms with van der Waals surface area (Å²) in [6.07, 6.45) is 1.47. The second-order valence-corrected chi connectivity index (χ2v) is 7.90. The van der Waals surface area contributed by atoms with Crippen molar-refractivity contribution in [2.45, 2.75) is 39.2 Å². The van der Waals surface area contributed by atoms with Gasteiger partial charge in [0.15, 0.2) is 0 Å². The number of hydrogen-bond donors (Lipinski definition) is 1. The van der Waals surface area contributed by atoms with Gasteiger partial charge in [0.05, 0.1) is 11.3 Å². The largest absolute Gasteiger partial charge is 0.444 e. The van der Waals surface area contributed by atoms with Gasteiger partial charge in [-0.1, -0.05) is 12.1 Å². The number of likely N-dealkylation sites (tertiary alicyclic amines) is 1. The molecular weight excluding hydrogens is 344 g/mol. The van der Waals surface area contributed by atoms with Gasteiger partial charge in [-0.2, -0.15) is 5.26 Å². The molecule has 7 nitrogen and oxygen atoms in total. The van der Waals surface area contributed by atoms with Gasteiger partial charge in [-0.05, 0) is 51.7 Å². The number of anilines is 1. The summed E-state index contributed by atoms with van der Waals surface area (Å²) in [5.41, 5.74) is 0.417. The number of nitriles is 1. The van der Waals surface area contributed by atoms with Crippen LogP contribution in [0.15, 0.2) is 24.3 Å². The molecular formula is C20H28N4O3. The van der Waals surface area contributed by atoms with E-state index in [1.165, 1.54) is 0 Å². The van der Waals surface area contributed by atoms with Gasteiger partial charge >= 0.3 is 12.1 Å². The summed E-state index contributed by atoms with van der Waals surface area (Å²) in [6, 6.07) is 8.79. The van der Waals surface area contributed by atoms with Crippen LogP contribution in [0, 0.1) is 17.2 Å². The molecule has 146 valence electrons. The Morgan fingerprint density at radius 1 is 1.37 bits per heavy atom. The van der Waals surface area contributed by atoms with Crippen LogP contribution in [0.2, 0.25) is 0 Å². The Kier molecular flexibility index (Phi) is 6.67. The number of benzene rings is 1. The van der Waals surface area contributed by atoms with Crippen molar-refractivity contribution < 1.29 is 14.3 Å². The summed E-state index contributed by atoms with van der Waals surface area (Å²) >= 11 is 0. The smallest absolute Gasteiger partial charge is 0.410 e. The van der Waals surface area contributed by atoms with Crippen molar-refractivity contribution in [2.24, 2.45) is 5.92 Å². The van der Waals surface area contributed by atoms with Gasteiger partial charge in [0.25, 0.3) is 0 Å². The van der Waals surface area contributed by atoms with Crippen LogP contribution in [0.25, 0.3) is 0 Å². The molecule has 1 aromatic carbocycles. The molecule has 0 radical (unpaired) electrons. The molecule has 7 heteroatoms. The third-order valence-corrected chi connectivity index (χ3v) is 4.33. The van der Waals surface area contributed by atoms with E-state index in [0.29, 0.717) is 30.9 Å². The molecule has 0 aliphatic carbocycles. The number of hydrogen-bond acceptors (Lipinski definition) is 4. The number of urea groups is 1. The molecule has 2 rings (SSSR count). The molecule has 27 heavy (non-hydrogen) atoms. The third-order valence-electron chi connectivity index (χ3n) is 4.33. The minimum absolute atomic E-state index is 0.188. The van der Waals surface area contributed by atoms with Crippen LogP contribution in [0.3, 0.4) is 0 Å². The van der Waals surface area contributed by atoms with Crippen LogP contribution in [0.1, 0.15) is 39.2 Å². The molecule has 0 bridgehead atoms. The number of amides is 3. The maximum Gasteiger partial charge on any atom is 0.410 e. The monoisotopic (exact) mass is 372 g/mol. The normalized spacial score (nSPS) is 17.0. The summed E-state index contributed by atoms with van der Waals surface area (Å²) < 4.78 is 5.38. The highest BCUT2D eigenvalue weighted by Crippen LogP contribution is 2.20. The second kappa shape index (κ2) is 8.76. The second-order valence-electron chi connectivity index (χ2n) is 7.90. The van der Waals surface area contributed by atoms with Crippen LogP contribution in [0.5, 0.6) is 0 Å². The zero-order chi connectivity index (χ0) is 20.0. The summed E-state index contributed by atoms with van der Waals surface area (Å²) in [5.74, 6) is 0.188. The predicted octanol–water partition coefficient (Wildman–Crippen LogP) is 3.67.